The zero-order valence-electron chi connectivity index (χ0n) is 21.6. The first-order valence-corrected chi connectivity index (χ1v) is 12.1. The van der Waals surface area contributed by atoms with Gasteiger partial charge in [-0.15, -0.1) is 0 Å². The maximum Gasteiger partial charge on any atom is 0.260 e. The number of hydrogen-bond donors (Lipinski definition) is 2. The Balaban J connectivity index is 1.67. The van der Waals surface area contributed by atoms with Crippen molar-refractivity contribution in [2.45, 2.75) is 33.7 Å². The number of hydrogen-bond acceptors (Lipinski definition) is 8. The number of rotatable bonds is 9. The first kappa shape index (κ1) is 25.7. The number of benzene rings is 2. The lowest BCUT2D eigenvalue weighted by molar-refractivity contribution is -0.133. The lowest BCUT2D eigenvalue weighted by Crippen LogP contribution is -2.34. The fourth-order valence-electron chi connectivity index (χ4n) is 4.30. The zero-order valence-corrected chi connectivity index (χ0v) is 21.6. The number of likely N-dealkylation sites (N-methyl/N-ethyl adjacent to an activating group) is 1. The number of carbonyl (C=O) groups excluding carboxylic acids is 2. The van der Waals surface area contributed by atoms with E-state index < -0.39 is 6.04 Å². The standard InChI is InChI=1S/C26H31N7O4/c1-6-32(7-2)22(34)15-37-20-13-12-18(14-21(20)36-5)24-23(17(4)27-26-29-30-31-33(24)26)25(35)28-19-11-9-8-10-16(19)3/h8-14,24H,6-7,15H2,1-5H3,(H,28,35)(H,27,29,31). The van der Waals surface area contributed by atoms with Crippen LogP contribution in [0.25, 0.3) is 0 Å². The lowest BCUT2D eigenvalue weighted by Gasteiger charge is -2.28. The highest BCUT2D eigenvalue weighted by molar-refractivity contribution is 6.06. The summed E-state index contributed by atoms with van der Waals surface area (Å²) in [7, 11) is 1.52. The number of amides is 2. The van der Waals surface area contributed by atoms with Crippen LogP contribution in [0, 0.1) is 6.92 Å². The number of ether oxygens (including phenoxy) is 2. The number of para-hydroxylation sites is 1. The Morgan fingerprint density at radius 2 is 1.86 bits per heavy atom. The average molecular weight is 506 g/mol. The number of carbonyl (C=O) groups is 2. The summed E-state index contributed by atoms with van der Waals surface area (Å²) in [6.45, 7) is 8.70. The van der Waals surface area contributed by atoms with Crippen molar-refractivity contribution in [3.05, 3.63) is 64.9 Å². The molecule has 0 spiro atoms. The number of aryl methyl sites for hydroxylation is 1. The van der Waals surface area contributed by atoms with Crippen LogP contribution in [-0.4, -0.2) is 63.7 Å². The Labute approximate surface area is 215 Å². The van der Waals surface area contributed by atoms with Gasteiger partial charge >= 0.3 is 0 Å². The van der Waals surface area contributed by atoms with Crippen LogP contribution in [0.3, 0.4) is 0 Å². The fourth-order valence-corrected chi connectivity index (χ4v) is 4.30. The second kappa shape index (κ2) is 11.1. The quantitative estimate of drug-likeness (QED) is 0.455. The van der Waals surface area contributed by atoms with Crippen LogP contribution < -0.4 is 20.1 Å². The molecule has 1 atom stereocenters. The highest BCUT2D eigenvalue weighted by atomic mass is 16.5. The van der Waals surface area contributed by atoms with Gasteiger partial charge in [-0.05, 0) is 67.4 Å². The third-order valence-electron chi connectivity index (χ3n) is 6.32. The third-order valence-corrected chi connectivity index (χ3v) is 6.32. The largest absolute Gasteiger partial charge is 0.493 e. The number of nitrogens with one attached hydrogen (secondary N) is 2. The Kier molecular flexibility index (Phi) is 7.71. The summed E-state index contributed by atoms with van der Waals surface area (Å²) in [5.74, 6) is 0.869. The average Bonchev–Trinajstić information content (AvgIpc) is 3.36. The molecule has 1 aliphatic rings. The Morgan fingerprint density at radius 3 is 2.57 bits per heavy atom. The summed E-state index contributed by atoms with van der Waals surface area (Å²) < 4.78 is 12.9. The molecule has 2 heterocycles. The van der Waals surface area contributed by atoms with Crippen molar-refractivity contribution in [3.8, 4) is 11.5 Å². The minimum absolute atomic E-state index is 0.106. The zero-order chi connectivity index (χ0) is 26.5. The first-order valence-electron chi connectivity index (χ1n) is 12.1. The molecule has 0 bridgehead atoms. The highest BCUT2D eigenvalue weighted by Gasteiger charge is 2.34. The van der Waals surface area contributed by atoms with Crippen LogP contribution in [0.5, 0.6) is 11.5 Å². The molecule has 0 aliphatic carbocycles. The summed E-state index contributed by atoms with van der Waals surface area (Å²) in [6.07, 6.45) is 0. The number of nitrogens with zero attached hydrogens (tertiary/aromatic N) is 5. The number of allylic oxidation sites excluding steroid dienone is 1. The van der Waals surface area contributed by atoms with E-state index in [0.29, 0.717) is 53.1 Å². The topological polar surface area (TPSA) is 124 Å². The molecule has 2 N–H and O–H groups in total. The van der Waals surface area contributed by atoms with Gasteiger partial charge in [0.15, 0.2) is 18.1 Å². The molecule has 1 aliphatic heterocycles. The summed E-state index contributed by atoms with van der Waals surface area (Å²) in [6, 6.07) is 12.3. The van der Waals surface area contributed by atoms with Gasteiger partial charge in [-0.3, -0.25) is 9.59 Å². The summed E-state index contributed by atoms with van der Waals surface area (Å²) in [4.78, 5) is 27.7. The molecule has 37 heavy (non-hydrogen) atoms. The van der Waals surface area contributed by atoms with Crippen molar-refractivity contribution in [2.75, 3.05) is 37.4 Å². The van der Waals surface area contributed by atoms with Crippen LogP contribution in [0.15, 0.2) is 53.7 Å². The van der Waals surface area contributed by atoms with E-state index in [1.165, 1.54) is 7.11 Å². The molecule has 11 heteroatoms. The van der Waals surface area contributed by atoms with Gasteiger partial charge in [-0.25, -0.2) is 0 Å². The molecule has 2 aromatic carbocycles. The molecule has 0 saturated carbocycles. The molecule has 0 radical (unpaired) electrons. The molecule has 0 saturated heterocycles. The maximum atomic E-state index is 13.6. The van der Waals surface area contributed by atoms with E-state index in [4.69, 9.17) is 9.47 Å². The Bertz CT molecular complexity index is 1330. The van der Waals surface area contributed by atoms with Crippen molar-refractivity contribution >= 4 is 23.5 Å². The Hall–Kier alpha value is -4.41. The normalized spacial score (nSPS) is 14.5. The molecule has 1 aromatic heterocycles. The molecule has 3 aromatic rings. The smallest absolute Gasteiger partial charge is 0.260 e. The van der Waals surface area contributed by atoms with Gasteiger partial charge in [0.1, 0.15) is 6.04 Å². The van der Waals surface area contributed by atoms with Gasteiger partial charge in [-0.2, -0.15) is 4.68 Å². The van der Waals surface area contributed by atoms with E-state index in [0.717, 1.165) is 5.56 Å². The van der Waals surface area contributed by atoms with Crippen LogP contribution in [0.4, 0.5) is 11.6 Å². The van der Waals surface area contributed by atoms with E-state index in [-0.39, 0.29) is 18.4 Å². The van der Waals surface area contributed by atoms with Gasteiger partial charge in [0.05, 0.1) is 12.7 Å². The van der Waals surface area contributed by atoms with Crippen LogP contribution in [0.1, 0.15) is 37.9 Å². The highest BCUT2D eigenvalue weighted by Crippen LogP contribution is 2.38. The minimum Gasteiger partial charge on any atom is -0.493 e. The molecule has 0 fully saturated rings. The number of methoxy groups -OCH3 is 1. The molecule has 1 unspecified atom stereocenters. The van der Waals surface area contributed by atoms with Gasteiger partial charge in [0, 0.05) is 24.5 Å². The van der Waals surface area contributed by atoms with Crippen molar-refractivity contribution in [1.82, 2.24) is 25.1 Å². The number of tetrazole rings is 1. The molecule has 11 nitrogen and oxygen atoms in total. The predicted molar refractivity (Wildman–Crippen MR) is 139 cm³/mol. The van der Waals surface area contributed by atoms with Crippen LogP contribution in [-0.2, 0) is 9.59 Å². The van der Waals surface area contributed by atoms with Crippen molar-refractivity contribution in [3.63, 3.8) is 0 Å². The number of aromatic nitrogens is 4. The summed E-state index contributed by atoms with van der Waals surface area (Å²) >= 11 is 0. The van der Waals surface area contributed by atoms with Gasteiger partial charge in [0.2, 0.25) is 5.95 Å². The van der Waals surface area contributed by atoms with Crippen LogP contribution in [0.2, 0.25) is 0 Å². The Morgan fingerprint density at radius 1 is 1.11 bits per heavy atom. The number of anilines is 2. The first-order chi connectivity index (χ1) is 17.9. The summed E-state index contributed by atoms with van der Waals surface area (Å²) in [5, 5.41) is 18.1. The predicted octanol–water partition coefficient (Wildman–Crippen LogP) is 3.16. The number of fused-ring (bicyclic) bond motifs is 1. The van der Waals surface area contributed by atoms with E-state index >= 15 is 0 Å². The third kappa shape index (κ3) is 5.25. The lowest BCUT2D eigenvalue weighted by atomic mass is 9.94. The molecular weight excluding hydrogens is 474 g/mol. The molecular formula is C26H31N7O4. The van der Waals surface area contributed by atoms with Crippen molar-refractivity contribution in [1.29, 1.82) is 0 Å². The van der Waals surface area contributed by atoms with E-state index in [2.05, 4.69) is 26.2 Å². The van der Waals surface area contributed by atoms with E-state index in [9.17, 15) is 9.59 Å². The van der Waals surface area contributed by atoms with Gasteiger partial charge in [0.25, 0.3) is 11.8 Å². The van der Waals surface area contributed by atoms with Crippen molar-refractivity contribution < 1.29 is 19.1 Å². The summed E-state index contributed by atoms with van der Waals surface area (Å²) in [5.41, 5.74) is 3.45. The molecule has 4 rings (SSSR count). The van der Waals surface area contributed by atoms with Gasteiger partial charge < -0.3 is 25.0 Å². The van der Waals surface area contributed by atoms with Crippen molar-refractivity contribution in [2.24, 2.45) is 0 Å². The monoisotopic (exact) mass is 505 g/mol. The van der Waals surface area contributed by atoms with Gasteiger partial charge in [-0.1, -0.05) is 29.4 Å². The fraction of sp³-hybridized carbons (Fsp3) is 0.346. The minimum atomic E-state index is -0.629. The SMILES string of the molecule is CCN(CC)C(=O)COc1ccc(C2C(C(=O)Nc3ccccc3C)=C(C)Nc3nnnn32)cc1OC. The second-order valence-corrected chi connectivity index (χ2v) is 8.55. The van der Waals surface area contributed by atoms with Crippen LogP contribution >= 0.6 is 0 Å². The maximum absolute atomic E-state index is 13.6. The van der Waals surface area contributed by atoms with E-state index in [1.807, 2.05) is 58.0 Å². The molecule has 194 valence electrons. The molecule has 2 amide bonds. The second-order valence-electron chi connectivity index (χ2n) is 8.55. The van der Waals surface area contributed by atoms with E-state index in [1.54, 1.807) is 21.7 Å².